The van der Waals surface area contributed by atoms with E-state index in [4.69, 9.17) is 0 Å². The van der Waals surface area contributed by atoms with Gasteiger partial charge in [-0.2, -0.15) is 0 Å². The summed E-state index contributed by atoms with van der Waals surface area (Å²) in [6.45, 7) is 11.3. The van der Waals surface area contributed by atoms with E-state index < -0.39 is 0 Å². The summed E-state index contributed by atoms with van der Waals surface area (Å²) in [5, 5.41) is 3.36. The van der Waals surface area contributed by atoms with Gasteiger partial charge in [0.25, 0.3) is 0 Å². The zero-order chi connectivity index (χ0) is 15.9. The Labute approximate surface area is 133 Å². The fourth-order valence-electron chi connectivity index (χ4n) is 3.42. The van der Waals surface area contributed by atoms with Gasteiger partial charge in [0.05, 0.1) is 0 Å². The van der Waals surface area contributed by atoms with Gasteiger partial charge in [-0.3, -0.25) is 14.5 Å². The average Bonchev–Trinajstić information content (AvgIpc) is 3.04. The molecule has 0 aromatic carbocycles. The Balaban J connectivity index is 1.73. The van der Waals surface area contributed by atoms with Crippen LogP contribution >= 0.6 is 0 Å². The van der Waals surface area contributed by atoms with Crippen LogP contribution in [-0.4, -0.2) is 84.9 Å². The molecule has 22 heavy (non-hydrogen) atoms. The minimum Gasteiger partial charge on any atom is -0.343 e. The molecule has 0 aliphatic carbocycles. The number of likely N-dealkylation sites (tertiary alicyclic amines) is 1. The zero-order valence-electron chi connectivity index (χ0n) is 14.0. The van der Waals surface area contributed by atoms with Gasteiger partial charge < -0.3 is 15.1 Å². The third kappa shape index (κ3) is 4.43. The lowest BCUT2D eigenvalue weighted by Gasteiger charge is -2.32. The van der Waals surface area contributed by atoms with Gasteiger partial charge in [0.15, 0.2) is 0 Å². The number of rotatable bonds is 6. The van der Waals surface area contributed by atoms with Crippen molar-refractivity contribution in [1.82, 2.24) is 20.0 Å². The number of carbonyl (C=O) groups excluding carboxylic acids is 2. The highest BCUT2D eigenvalue weighted by Gasteiger charge is 2.30. The van der Waals surface area contributed by atoms with E-state index in [0.29, 0.717) is 18.9 Å². The molecule has 0 saturated carbocycles. The molecular weight excluding hydrogens is 280 g/mol. The largest absolute Gasteiger partial charge is 0.343 e. The van der Waals surface area contributed by atoms with Crippen LogP contribution in [0.25, 0.3) is 0 Å². The summed E-state index contributed by atoms with van der Waals surface area (Å²) in [5.74, 6) is 0.231. The van der Waals surface area contributed by atoms with Crippen LogP contribution in [0.5, 0.6) is 0 Å². The maximum atomic E-state index is 12.3. The smallest absolute Gasteiger partial charge is 0.223 e. The molecule has 2 aliphatic heterocycles. The fraction of sp³-hybridized carbons (Fsp3) is 0.875. The predicted octanol–water partition coefficient (Wildman–Crippen LogP) is 0.141. The molecular formula is C16H30N4O2. The van der Waals surface area contributed by atoms with Crippen molar-refractivity contribution >= 4 is 11.8 Å². The number of hydrogen-bond acceptors (Lipinski definition) is 4. The number of carbonyl (C=O) groups is 2. The summed E-state index contributed by atoms with van der Waals surface area (Å²) in [6, 6.07) is 0.504. The van der Waals surface area contributed by atoms with Gasteiger partial charge in [-0.1, -0.05) is 0 Å². The molecule has 2 rings (SSSR count). The van der Waals surface area contributed by atoms with E-state index in [-0.39, 0.29) is 11.8 Å². The van der Waals surface area contributed by atoms with E-state index in [1.807, 2.05) is 18.7 Å². The molecule has 2 saturated heterocycles. The van der Waals surface area contributed by atoms with E-state index in [1.165, 1.54) is 0 Å². The van der Waals surface area contributed by atoms with Crippen LogP contribution in [0.1, 0.15) is 33.1 Å². The van der Waals surface area contributed by atoms with E-state index >= 15 is 0 Å². The number of amides is 2. The standard InChI is InChI=1S/C16H30N4O2/c1-3-18(4-2)15(21)5-6-16(22)20-10-7-14(13-20)19-11-8-17-9-12-19/h14,17H,3-13H2,1-2H3. The Hall–Kier alpha value is -1.14. The highest BCUT2D eigenvalue weighted by atomic mass is 16.2. The van der Waals surface area contributed by atoms with Crippen molar-refractivity contribution in [2.75, 3.05) is 52.4 Å². The quantitative estimate of drug-likeness (QED) is 0.758. The number of nitrogens with one attached hydrogen (secondary N) is 1. The Morgan fingerprint density at radius 3 is 2.41 bits per heavy atom. The van der Waals surface area contributed by atoms with Crippen LogP contribution in [0.2, 0.25) is 0 Å². The van der Waals surface area contributed by atoms with Crippen LogP contribution in [0.4, 0.5) is 0 Å². The minimum atomic E-state index is 0.0937. The molecule has 0 bridgehead atoms. The summed E-state index contributed by atoms with van der Waals surface area (Å²) < 4.78 is 0. The number of nitrogens with zero attached hydrogens (tertiary/aromatic N) is 3. The third-order valence-corrected chi connectivity index (χ3v) is 4.85. The lowest BCUT2D eigenvalue weighted by molar-refractivity contribution is -0.136. The Bertz CT molecular complexity index is 378. The molecule has 6 heteroatoms. The molecule has 2 amide bonds. The summed E-state index contributed by atoms with van der Waals surface area (Å²) in [6.07, 6.45) is 1.76. The molecule has 2 fully saturated rings. The Morgan fingerprint density at radius 1 is 1.09 bits per heavy atom. The summed E-state index contributed by atoms with van der Waals surface area (Å²) in [4.78, 5) is 30.5. The van der Waals surface area contributed by atoms with Crippen molar-refractivity contribution in [1.29, 1.82) is 0 Å². The lowest BCUT2D eigenvalue weighted by atomic mass is 10.2. The van der Waals surface area contributed by atoms with Crippen LogP contribution in [-0.2, 0) is 9.59 Å². The second-order valence-corrected chi connectivity index (χ2v) is 6.13. The fourth-order valence-corrected chi connectivity index (χ4v) is 3.42. The minimum absolute atomic E-state index is 0.0937. The van der Waals surface area contributed by atoms with Crippen molar-refractivity contribution in [2.45, 2.75) is 39.2 Å². The first kappa shape index (κ1) is 17.2. The first-order valence-electron chi connectivity index (χ1n) is 8.66. The van der Waals surface area contributed by atoms with Crippen molar-refractivity contribution in [3.63, 3.8) is 0 Å². The van der Waals surface area contributed by atoms with Gasteiger partial charge in [-0.15, -0.1) is 0 Å². The molecule has 0 spiro atoms. The molecule has 126 valence electrons. The van der Waals surface area contributed by atoms with Gasteiger partial charge in [-0.25, -0.2) is 0 Å². The number of piperazine rings is 1. The topological polar surface area (TPSA) is 55.9 Å². The van der Waals surface area contributed by atoms with Crippen LogP contribution in [0, 0.1) is 0 Å². The lowest BCUT2D eigenvalue weighted by Crippen LogP contribution is -2.49. The SMILES string of the molecule is CCN(CC)C(=O)CCC(=O)N1CCC(N2CCNCC2)C1. The van der Waals surface area contributed by atoms with Gasteiger partial charge >= 0.3 is 0 Å². The molecule has 1 unspecified atom stereocenters. The van der Waals surface area contributed by atoms with Crippen molar-refractivity contribution in [3.05, 3.63) is 0 Å². The molecule has 1 N–H and O–H groups in total. The van der Waals surface area contributed by atoms with E-state index in [2.05, 4.69) is 10.2 Å². The molecule has 2 aliphatic rings. The zero-order valence-corrected chi connectivity index (χ0v) is 14.0. The molecule has 1 atom stereocenters. The number of hydrogen-bond donors (Lipinski definition) is 1. The van der Waals surface area contributed by atoms with Crippen molar-refractivity contribution < 1.29 is 9.59 Å². The van der Waals surface area contributed by atoms with E-state index in [1.54, 1.807) is 4.90 Å². The normalized spacial score (nSPS) is 22.8. The van der Waals surface area contributed by atoms with Gasteiger partial charge in [0, 0.05) is 71.2 Å². The summed E-state index contributed by atoms with van der Waals surface area (Å²) in [7, 11) is 0. The highest BCUT2D eigenvalue weighted by Crippen LogP contribution is 2.17. The maximum Gasteiger partial charge on any atom is 0.223 e. The molecule has 2 heterocycles. The van der Waals surface area contributed by atoms with Gasteiger partial charge in [-0.05, 0) is 20.3 Å². The average molecular weight is 310 g/mol. The Morgan fingerprint density at radius 2 is 1.77 bits per heavy atom. The van der Waals surface area contributed by atoms with E-state index in [0.717, 1.165) is 58.8 Å². The molecule has 6 nitrogen and oxygen atoms in total. The van der Waals surface area contributed by atoms with Crippen LogP contribution in [0.3, 0.4) is 0 Å². The van der Waals surface area contributed by atoms with Crippen molar-refractivity contribution in [2.24, 2.45) is 0 Å². The van der Waals surface area contributed by atoms with E-state index in [9.17, 15) is 9.59 Å². The van der Waals surface area contributed by atoms with Gasteiger partial charge in [0.2, 0.25) is 11.8 Å². The summed E-state index contributed by atoms with van der Waals surface area (Å²) >= 11 is 0. The summed E-state index contributed by atoms with van der Waals surface area (Å²) in [5.41, 5.74) is 0. The second kappa shape index (κ2) is 8.48. The molecule has 0 radical (unpaired) electrons. The Kier molecular flexibility index (Phi) is 6.64. The highest BCUT2D eigenvalue weighted by molar-refractivity contribution is 5.84. The molecule has 0 aromatic heterocycles. The first-order chi connectivity index (χ1) is 10.7. The second-order valence-electron chi connectivity index (χ2n) is 6.13. The first-order valence-corrected chi connectivity index (χ1v) is 8.66. The molecule has 0 aromatic rings. The monoisotopic (exact) mass is 310 g/mol. The maximum absolute atomic E-state index is 12.3. The van der Waals surface area contributed by atoms with Crippen LogP contribution < -0.4 is 5.32 Å². The van der Waals surface area contributed by atoms with Crippen molar-refractivity contribution in [3.8, 4) is 0 Å². The third-order valence-electron chi connectivity index (χ3n) is 4.85. The predicted molar refractivity (Wildman–Crippen MR) is 86.6 cm³/mol. The van der Waals surface area contributed by atoms with Crippen LogP contribution in [0.15, 0.2) is 0 Å². The van der Waals surface area contributed by atoms with Gasteiger partial charge in [0.1, 0.15) is 0 Å².